The highest BCUT2D eigenvalue weighted by Gasteiger charge is 2.52. The van der Waals surface area contributed by atoms with Gasteiger partial charge in [-0.15, -0.1) is 0 Å². The summed E-state index contributed by atoms with van der Waals surface area (Å²) in [6.07, 6.45) is 0. The summed E-state index contributed by atoms with van der Waals surface area (Å²) < 4.78 is 0. The van der Waals surface area contributed by atoms with Crippen molar-refractivity contribution < 1.29 is 0 Å². The molecule has 9 aromatic carbocycles. The van der Waals surface area contributed by atoms with Crippen LogP contribution in [-0.2, 0) is 10.8 Å². The number of rotatable bonds is 6. The Hall–Kier alpha value is -7.42. The van der Waals surface area contributed by atoms with Crippen molar-refractivity contribution in [2.24, 2.45) is 0 Å². The van der Waals surface area contributed by atoms with Crippen LogP contribution in [0, 0.1) is 0 Å². The smallest absolute Gasteiger partial charge is 0.0755 e. The number of nitrogens with zero attached hydrogens (tertiary/aromatic N) is 2. The number of hydrogen-bond donors (Lipinski definition) is 0. The summed E-state index contributed by atoms with van der Waals surface area (Å²) >= 11 is 0. The molecule has 0 aromatic heterocycles. The number of benzene rings is 9. The molecule has 2 heteroatoms. The van der Waals surface area contributed by atoms with E-state index >= 15 is 0 Å². The maximum absolute atomic E-state index is 2.50. The molecule has 0 N–H and O–H groups in total. The SMILES string of the molecule is CC1(C)c2ccccc2-c2ccc(N(c3cccc(-c4ccccc4)c3)c3ccc4c(c3)C3(c5ccccc5)c5ccccc5N(c5ccccc5)c5cccc-4c53)cc21. The van der Waals surface area contributed by atoms with Crippen LogP contribution < -0.4 is 9.80 Å². The van der Waals surface area contributed by atoms with E-state index in [1.54, 1.807) is 0 Å². The lowest BCUT2D eigenvalue weighted by molar-refractivity contribution is 0.660. The molecular formula is C58H42N2. The minimum Gasteiger partial charge on any atom is -0.310 e. The van der Waals surface area contributed by atoms with Crippen LogP contribution in [-0.4, -0.2) is 0 Å². The van der Waals surface area contributed by atoms with Crippen molar-refractivity contribution in [3.8, 4) is 33.4 Å². The van der Waals surface area contributed by atoms with Gasteiger partial charge in [-0.3, -0.25) is 0 Å². The van der Waals surface area contributed by atoms with Gasteiger partial charge in [-0.25, -0.2) is 0 Å². The van der Waals surface area contributed by atoms with Crippen LogP contribution in [0.4, 0.5) is 34.1 Å². The van der Waals surface area contributed by atoms with Crippen molar-refractivity contribution in [2.75, 3.05) is 9.80 Å². The third-order valence-electron chi connectivity index (χ3n) is 13.4. The first-order chi connectivity index (χ1) is 29.5. The summed E-state index contributed by atoms with van der Waals surface area (Å²) in [6, 6.07) is 81.0. The lowest BCUT2D eigenvalue weighted by atomic mass is 9.65. The van der Waals surface area contributed by atoms with Crippen LogP contribution in [0.25, 0.3) is 33.4 Å². The average Bonchev–Trinajstić information content (AvgIpc) is 3.74. The summed E-state index contributed by atoms with van der Waals surface area (Å²) in [7, 11) is 0. The van der Waals surface area contributed by atoms with Crippen LogP contribution in [0.3, 0.4) is 0 Å². The Morgan fingerprint density at radius 1 is 0.367 bits per heavy atom. The first kappa shape index (κ1) is 34.6. The third kappa shape index (κ3) is 4.82. The van der Waals surface area contributed by atoms with Crippen LogP contribution in [0.2, 0.25) is 0 Å². The van der Waals surface area contributed by atoms with Gasteiger partial charge < -0.3 is 9.80 Å². The Balaban J connectivity index is 1.13. The van der Waals surface area contributed by atoms with Gasteiger partial charge in [0.2, 0.25) is 0 Å². The van der Waals surface area contributed by atoms with Crippen molar-refractivity contribution in [1.29, 1.82) is 0 Å². The van der Waals surface area contributed by atoms with Crippen molar-refractivity contribution in [3.63, 3.8) is 0 Å². The van der Waals surface area contributed by atoms with E-state index in [1.807, 2.05) is 0 Å². The Morgan fingerprint density at radius 3 is 1.67 bits per heavy atom. The molecule has 0 amide bonds. The Kier molecular flexibility index (Phi) is 7.52. The molecule has 0 radical (unpaired) electrons. The molecule has 12 rings (SSSR count). The molecule has 1 atom stereocenters. The second kappa shape index (κ2) is 13.0. The van der Waals surface area contributed by atoms with Gasteiger partial charge in [0.25, 0.3) is 0 Å². The van der Waals surface area contributed by atoms with E-state index in [4.69, 9.17) is 0 Å². The lowest BCUT2D eigenvalue weighted by Gasteiger charge is -2.44. The monoisotopic (exact) mass is 766 g/mol. The standard InChI is InChI=1S/C58H42N2/c1-57(2)50-28-13-12-26-46(50)47-34-32-44(37-52(47)57)59(43-25-16-20-40(36-43)39-18-6-3-7-19-39)45-33-35-48-49-27-17-31-55-56(49)58(53(48)38-45,41-21-8-4-9-22-41)51-29-14-15-30-54(51)60(55)42-23-10-5-11-24-42/h3-38H,1-2H3. The van der Waals surface area contributed by atoms with Crippen LogP contribution in [0.1, 0.15) is 47.2 Å². The molecule has 0 spiro atoms. The van der Waals surface area contributed by atoms with Gasteiger partial charge >= 0.3 is 0 Å². The molecule has 0 bridgehead atoms. The minimum absolute atomic E-state index is 0.136. The van der Waals surface area contributed by atoms with Gasteiger partial charge in [-0.1, -0.05) is 172 Å². The normalized spacial score (nSPS) is 16.0. The zero-order valence-corrected chi connectivity index (χ0v) is 33.7. The molecule has 0 saturated carbocycles. The number of anilines is 6. The summed E-state index contributed by atoms with van der Waals surface area (Å²) in [5, 5.41) is 0. The first-order valence-electron chi connectivity index (χ1n) is 21.0. The van der Waals surface area contributed by atoms with E-state index < -0.39 is 5.41 Å². The zero-order valence-electron chi connectivity index (χ0n) is 33.7. The molecule has 284 valence electrons. The number of hydrogen-bond acceptors (Lipinski definition) is 2. The minimum atomic E-state index is -0.556. The fourth-order valence-corrected chi connectivity index (χ4v) is 10.8. The molecule has 9 aromatic rings. The largest absolute Gasteiger partial charge is 0.310 e. The Morgan fingerprint density at radius 2 is 0.900 bits per heavy atom. The van der Waals surface area contributed by atoms with Crippen molar-refractivity contribution >= 4 is 34.1 Å². The highest BCUT2D eigenvalue weighted by atomic mass is 15.2. The zero-order chi connectivity index (χ0) is 40.0. The maximum atomic E-state index is 2.50. The van der Waals surface area contributed by atoms with Crippen molar-refractivity contribution in [2.45, 2.75) is 24.7 Å². The molecule has 1 unspecified atom stereocenters. The Bertz CT molecular complexity index is 3130. The molecule has 60 heavy (non-hydrogen) atoms. The topological polar surface area (TPSA) is 6.48 Å². The first-order valence-corrected chi connectivity index (χ1v) is 21.0. The predicted molar refractivity (Wildman–Crippen MR) is 250 cm³/mol. The molecule has 1 heterocycles. The third-order valence-corrected chi connectivity index (χ3v) is 13.4. The maximum Gasteiger partial charge on any atom is 0.0755 e. The van der Waals surface area contributed by atoms with E-state index in [0.29, 0.717) is 0 Å². The quantitative estimate of drug-likeness (QED) is 0.166. The van der Waals surface area contributed by atoms with Crippen LogP contribution >= 0.6 is 0 Å². The molecular weight excluding hydrogens is 725 g/mol. The van der Waals surface area contributed by atoms with Gasteiger partial charge in [0.15, 0.2) is 0 Å². The molecule has 2 nitrogen and oxygen atoms in total. The summed E-state index contributed by atoms with van der Waals surface area (Å²) in [4.78, 5) is 4.95. The second-order valence-corrected chi connectivity index (χ2v) is 16.9. The fraction of sp³-hybridized carbons (Fsp3) is 0.0690. The lowest BCUT2D eigenvalue weighted by Crippen LogP contribution is -2.36. The molecule has 1 aliphatic heterocycles. The van der Waals surface area contributed by atoms with E-state index in [-0.39, 0.29) is 5.41 Å². The van der Waals surface area contributed by atoms with Crippen molar-refractivity contribution in [1.82, 2.24) is 0 Å². The summed E-state index contributed by atoms with van der Waals surface area (Å²) in [6.45, 7) is 4.74. The highest BCUT2D eigenvalue weighted by molar-refractivity contribution is 6.00. The van der Waals surface area contributed by atoms with E-state index in [2.05, 4.69) is 242 Å². The van der Waals surface area contributed by atoms with Crippen molar-refractivity contribution in [3.05, 3.63) is 252 Å². The van der Waals surface area contributed by atoms with Crippen LogP contribution in [0.5, 0.6) is 0 Å². The number of para-hydroxylation sites is 2. The Labute approximate surface area is 352 Å². The van der Waals surface area contributed by atoms with E-state index in [0.717, 1.165) is 22.7 Å². The van der Waals surface area contributed by atoms with Gasteiger partial charge in [0.05, 0.1) is 16.8 Å². The van der Waals surface area contributed by atoms with Gasteiger partial charge in [0, 0.05) is 33.7 Å². The second-order valence-electron chi connectivity index (χ2n) is 16.9. The molecule has 2 aliphatic carbocycles. The highest BCUT2D eigenvalue weighted by Crippen LogP contribution is 2.65. The molecule has 0 fully saturated rings. The van der Waals surface area contributed by atoms with Gasteiger partial charge in [0.1, 0.15) is 0 Å². The van der Waals surface area contributed by atoms with E-state index in [1.165, 1.54) is 78.1 Å². The summed E-state index contributed by atoms with van der Waals surface area (Å²) in [5.41, 5.74) is 21.8. The van der Waals surface area contributed by atoms with Crippen LogP contribution in [0.15, 0.2) is 218 Å². The molecule has 3 aliphatic rings. The van der Waals surface area contributed by atoms with Gasteiger partial charge in [-0.05, 0) is 122 Å². The number of fused-ring (bicyclic) bond motifs is 8. The van der Waals surface area contributed by atoms with E-state index in [9.17, 15) is 0 Å². The van der Waals surface area contributed by atoms with Gasteiger partial charge in [-0.2, -0.15) is 0 Å². The molecule has 0 saturated heterocycles. The average molecular weight is 767 g/mol. The summed E-state index contributed by atoms with van der Waals surface area (Å²) in [5.74, 6) is 0. The fourth-order valence-electron chi connectivity index (χ4n) is 10.8. The predicted octanol–water partition coefficient (Wildman–Crippen LogP) is 15.3.